The smallest absolute Gasteiger partial charge is 0.321 e. The molecule has 0 radical (unpaired) electrons. The summed E-state index contributed by atoms with van der Waals surface area (Å²) in [6, 6.07) is 7.25. The van der Waals surface area contributed by atoms with Gasteiger partial charge in [-0.25, -0.2) is 13.6 Å². The van der Waals surface area contributed by atoms with Crippen LogP contribution in [0.1, 0.15) is 22.8 Å². The van der Waals surface area contributed by atoms with Gasteiger partial charge in [0.2, 0.25) is 6.79 Å². The Bertz CT molecular complexity index is 837. The molecule has 0 bridgehead atoms. The van der Waals surface area contributed by atoms with Crippen LogP contribution in [0.3, 0.4) is 0 Å². The fraction of sp³-hybridized carbons (Fsp3) is 0.222. The van der Waals surface area contributed by atoms with Crippen LogP contribution in [-0.2, 0) is 6.42 Å². The maximum atomic E-state index is 13.6. The standard InChI is InChI=1S/C18H16F2N2O4/c1-10(7-11-5-6-14-15(8-11)26-9-25-14)21-18(24)22-17(23)16-12(19)3-2-4-13(16)20/h2-6,8,10H,7,9H2,1H3,(H2,21,22,23,24). The Kier molecular flexibility index (Phi) is 5.01. The van der Waals surface area contributed by atoms with Crippen LogP contribution in [0, 0.1) is 11.6 Å². The van der Waals surface area contributed by atoms with Crippen LogP contribution in [0.4, 0.5) is 13.6 Å². The van der Waals surface area contributed by atoms with Gasteiger partial charge in [0.1, 0.15) is 17.2 Å². The number of hydrogen-bond acceptors (Lipinski definition) is 4. The lowest BCUT2D eigenvalue weighted by Crippen LogP contribution is -2.44. The highest BCUT2D eigenvalue weighted by atomic mass is 19.1. The third kappa shape index (κ3) is 3.90. The molecule has 6 nitrogen and oxygen atoms in total. The number of amides is 3. The summed E-state index contributed by atoms with van der Waals surface area (Å²) in [6.07, 6.45) is 0.465. The summed E-state index contributed by atoms with van der Waals surface area (Å²) in [5, 5.41) is 4.47. The molecule has 2 N–H and O–H groups in total. The molecule has 0 saturated carbocycles. The Morgan fingerprint density at radius 2 is 1.81 bits per heavy atom. The highest BCUT2D eigenvalue weighted by Gasteiger charge is 2.20. The van der Waals surface area contributed by atoms with Crippen LogP contribution in [0.2, 0.25) is 0 Å². The van der Waals surface area contributed by atoms with Gasteiger partial charge < -0.3 is 14.8 Å². The largest absolute Gasteiger partial charge is 0.454 e. The van der Waals surface area contributed by atoms with Gasteiger partial charge in [0.05, 0.1) is 0 Å². The number of carbonyl (C=O) groups excluding carboxylic acids is 2. The average Bonchev–Trinajstić information content (AvgIpc) is 3.01. The molecule has 1 unspecified atom stereocenters. The van der Waals surface area contributed by atoms with Gasteiger partial charge in [0, 0.05) is 6.04 Å². The summed E-state index contributed by atoms with van der Waals surface area (Å²) >= 11 is 0. The molecule has 3 amide bonds. The van der Waals surface area contributed by atoms with Crippen LogP contribution >= 0.6 is 0 Å². The number of rotatable bonds is 4. The minimum absolute atomic E-state index is 0.170. The maximum absolute atomic E-state index is 13.6. The molecule has 1 aliphatic heterocycles. The molecule has 1 atom stereocenters. The highest BCUT2D eigenvalue weighted by molar-refractivity contribution is 6.04. The average molecular weight is 362 g/mol. The summed E-state index contributed by atoms with van der Waals surface area (Å²) in [4.78, 5) is 23.8. The predicted octanol–water partition coefficient (Wildman–Crippen LogP) is 2.76. The summed E-state index contributed by atoms with van der Waals surface area (Å²) in [5.41, 5.74) is 0.0969. The third-order valence-electron chi connectivity index (χ3n) is 3.77. The van der Waals surface area contributed by atoms with E-state index in [4.69, 9.17) is 9.47 Å². The van der Waals surface area contributed by atoms with Crippen molar-refractivity contribution in [3.05, 3.63) is 59.2 Å². The zero-order chi connectivity index (χ0) is 18.7. The second kappa shape index (κ2) is 7.38. The zero-order valence-corrected chi connectivity index (χ0v) is 13.8. The van der Waals surface area contributed by atoms with Crippen molar-refractivity contribution in [3.63, 3.8) is 0 Å². The Morgan fingerprint density at radius 3 is 2.54 bits per heavy atom. The molecule has 0 spiro atoms. The quantitative estimate of drug-likeness (QED) is 0.877. The Labute approximate surface area is 148 Å². The van der Waals surface area contributed by atoms with Gasteiger partial charge in [0.15, 0.2) is 11.5 Å². The summed E-state index contributed by atoms with van der Waals surface area (Å²) in [5.74, 6) is -1.94. The first-order valence-electron chi connectivity index (χ1n) is 7.88. The minimum atomic E-state index is -1.15. The molecular weight excluding hydrogens is 346 g/mol. The van der Waals surface area contributed by atoms with E-state index < -0.39 is 29.1 Å². The number of hydrogen-bond donors (Lipinski definition) is 2. The SMILES string of the molecule is CC(Cc1ccc2c(c1)OCO2)NC(=O)NC(=O)c1c(F)cccc1F. The predicted molar refractivity (Wildman–Crippen MR) is 88.1 cm³/mol. The van der Waals surface area contributed by atoms with Gasteiger partial charge in [0.25, 0.3) is 5.91 Å². The van der Waals surface area contributed by atoms with Gasteiger partial charge in [-0.05, 0) is 43.2 Å². The van der Waals surface area contributed by atoms with Crippen molar-refractivity contribution >= 4 is 11.9 Å². The zero-order valence-electron chi connectivity index (χ0n) is 13.8. The topological polar surface area (TPSA) is 76.7 Å². The normalized spacial score (nSPS) is 13.2. The summed E-state index contributed by atoms with van der Waals surface area (Å²) in [7, 11) is 0. The molecule has 0 saturated heterocycles. The van der Waals surface area contributed by atoms with E-state index in [1.165, 1.54) is 0 Å². The van der Waals surface area contributed by atoms with Crippen LogP contribution in [0.25, 0.3) is 0 Å². The third-order valence-corrected chi connectivity index (χ3v) is 3.77. The van der Waals surface area contributed by atoms with Gasteiger partial charge in [-0.2, -0.15) is 0 Å². The fourth-order valence-electron chi connectivity index (χ4n) is 2.61. The van der Waals surface area contributed by atoms with Gasteiger partial charge in [-0.15, -0.1) is 0 Å². The van der Waals surface area contributed by atoms with E-state index in [-0.39, 0.29) is 12.8 Å². The Balaban J connectivity index is 1.57. The highest BCUT2D eigenvalue weighted by Crippen LogP contribution is 2.32. The van der Waals surface area contributed by atoms with Crippen molar-refractivity contribution in [2.45, 2.75) is 19.4 Å². The van der Waals surface area contributed by atoms with Crippen molar-refractivity contribution in [2.24, 2.45) is 0 Å². The van der Waals surface area contributed by atoms with Crippen LogP contribution in [0.5, 0.6) is 11.5 Å². The number of nitrogens with one attached hydrogen (secondary N) is 2. The molecule has 1 aliphatic rings. The van der Waals surface area contributed by atoms with Crippen LogP contribution in [-0.4, -0.2) is 24.8 Å². The number of imide groups is 1. The van der Waals surface area contributed by atoms with Crippen LogP contribution < -0.4 is 20.1 Å². The number of benzene rings is 2. The lowest BCUT2D eigenvalue weighted by Gasteiger charge is -2.15. The van der Waals surface area contributed by atoms with E-state index >= 15 is 0 Å². The van der Waals surface area contributed by atoms with Crippen LogP contribution in [0.15, 0.2) is 36.4 Å². The van der Waals surface area contributed by atoms with E-state index in [1.807, 2.05) is 11.4 Å². The Hall–Kier alpha value is -3.16. The second-order valence-corrected chi connectivity index (χ2v) is 5.82. The summed E-state index contributed by atoms with van der Waals surface area (Å²) < 4.78 is 37.6. The fourth-order valence-corrected chi connectivity index (χ4v) is 2.61. The monoisotopic (exact) mass is 362 g/mol. The van der Waals surface area contributed by atoms with Gasteiger partial charge in [-0.1, -0.05) is 12.1 Å². The summed E-state index contributed by atoms with van der Waals surface area (Å²) in [6.45, 7) is 1.90. The lowest BCUT2D eigenvalue weighted by molar-refractivity contribution is 0.0955. The minimum Gasteiger partial charge on any atom is -0.454 e. The maximum Gasteiger partial charge on any atom is 0.321 e. The first-order valence-corrected chi connectivity index (χ1v) is 7.88. The van der Waals surface area contributed by atoms with E-state index in [0.717, 1.165) is 23.8 Å². The molecule has 0 fully saturated rings. The number of urea groups is 1. The molecule has 0 aromatic heterocycles. The lowest BCUT2D eigenvalue weighted by atomic mass is 10.1. The van der Waals surface area contributed by atoms with Crippen molar-refractivity contribution in [3.8, 4) is 11.5 Å². The molecule has 3 rings (SSSR count). The van der Waals surface area contributed by atoms with Gasteiger partial charge >= 0.3 is 6.03 Å². The molecule has 0 aliphatic carbocycles. The molecule has 136 valence electrons. The van der Waals surface area contributed by atoms with E-state index in [2.05, 4.69) is 5.32 Å². The number of fused-ring (bicyclic) bond motifs is 1. The van der Waals surface area contributed by atoms with Crippen molar-refractivity contribution in [2.75, 3.05) is 6.79 Å². The van der Waals surface area contributed by atoms with E-state index in [0.29, 0.717) is 17.9 Å². The van der Waals surface area contributed by atoms with E-state index in [9.17, 15) is 18.4 Å². The van der Waals surface area contributed by atoms with E-state index in [1.54, 1.807) is 19.1 Å². The molecule has 8 heteroatoms. The molecule has 26 heavy (non-hydrogen) atoms. The molecule has 2 aromatic carbocycles. The first-order chi connectivity index (χ1) is 12.4. The second-order valence-electron chi connectivity index (χ2n) is 5.82. The number of ether oxygens (including phenoxy) is 2. The van der Waals surface area contributed by atoms with Crippen molar-refractivity contribution in [1.82, 2.24) is 10.6 Å². The van der Waals surface area contributed by atoms with Gasteiger partial charge in [-0.3, -0.25) is 10.1 Å². The number of halogens is 2. The van der Waals surface area contributed by atoms with Crippen molar-refractivity contribution < 1.29 is 27.8 Å². The molecule has 2 aromatic rings. The first kappa shape index (κ1) is 17.7. The van der Waals surface area contributed by atoms with Crippen molar-refractivity contribution in [1.29, 1.82) is 0 Å². The molecular formula is C18H16F2N2O4. The Morgan fingerprint density at radius 1 is 1.12 bits per heavy atom. The number of carbonyl (C=O) groups is 2. The molecule has 1 heterocycles.